The number of nitrogens with zero attached hydrogens (tertiary/aromatic N) is 4. The molecule has 4 rings (SSSR count). The number of aromatic amines is 1. The van der Waals surface area contributed by atoms with Gasteiger partial charge in [-0.2, -0.15) is 4.98 Å². The van der Waals surface area contributed by atoms with Crippen molar-refractivity contribution >= 4 is 34.7 Å². The third-order valence-corrected chi connectivity index (χ3v) is 5.40. The molecule has 5 N–H and O–H groups in total. The van der Waals surface area contributed by atoms with Gasteiger partial charge >= 0.3 is 0 Å². The maximum absolute atomic E-state index is 12.4. The van der Waals surface area contributed by atoms with E-state index in [1.54, 1.807) is 6.07 Å². The van der Waals surface area contributed by atoms with Gasteiger partial charge in [-0.3, -0.25) is 29.2 Å². The first-order valence-electron chi connectivity index (χ1n) is 8.66. The average molecular weight is 436 g/mol. The fourth-order valence-electron chi connectivity index (χ4n) is 3.07. The van der Waals surface area contributed by atoms with E-state index in [0.29, 0.717) is 4.90 Å². The number of imidazole rings is 1. The zero-order chi connectivity index (χ0) is 21.4. The van der Waals surface area contributed by atoms with Crippen molar-refractivity contribution in [2.45, 2.75) is 29.4 Å². The van der Waals surface area contributed by atoms with Gasteiger partial charge in [0.25, 0.3) is 11.2 Å². The summed E-state index contributed by atoms with van der Waals surface area (Å²) in [6, 6.07) is 6.05. The second-order valence-corrected chi connectivity index (χ2v) is 7.24. The number of benzene rings is 1. The van der Waals surface area contributed by atoms with Crippen LogP contribution in [0.25, 0.3) is 11.2 Å². The van der Waals surface area contributed by atoms with Gasteiger partial charge in [0.1, 0.15) is 23.2 Å². The van der Waals surface area contributed by atoms with E-state index in [2.05, 4.69) is 19.7 Å². The number of aromatic nitrogens is 4. The first kappa shape index (κ1) is 20.2. The SMILES string of the molecule is O=c1[nH]c(NSc2ccccc2[N+](=O)[O-])nc2c1ncn2[C@@H]1O[C@H](CO)[C@@H](O)[C@H]1O. The van der Waals surface area contributed by atoms with E-state index in [0.717, 1.165) is 11.9 Å². The molecule has 4 atom stereocenters. The minimum Gasteiger partial charge on any atom is -0.394 e. The van der Waals surface area contributed by atoms with Gasteiger partial charge in [0.2, 0.25) is 5.95 Å². The molecule has 0 spiro atoms. The number of nitrogens with one attached hydrogen (secondary N) is 2. The largest absolute Gasteiger partial charge is 0.394 e. The van der Waals surface area contributed by atoms with Crippen LogP contribution in [0.2, 0.25) is 0 Å². The summed E-state index contributed by atoms with van der Waals surface area (Å²) in [6.45, 7) is -0.505. The number of aliphatic hydroxyl groups is 3. The maximum Gasteiger partial charge on any atom is 0.284 e. The Balaban J connectivity index is 1.65. The molecule has 3 aromatic rings. The van der Waals surface area contributed by atoms with E-state index < -0.39 is 41.6 Å². The summed E-state index contributed by atoms with van der Waals surface area (Å²) in [4.78, 5) is 34.0. The number of hydrogen-bond acceptors (Lipinski definition) is 11. The summed E-state index contributed by atoms with van der Waals surface area (Å²) < 4.78 is 9.48. The minimum atomic E-state index is -1.38. The Kier molecular flexibility index (Phi) is 5.40. The lowest BCUT2D eigenvalue weighted by atomic mass is 10.1. The Hall–Kier alpha value is -3.04. The van der Waals surface area contributed by atoms with Gasteiger partial charge in [-0.1, -0.05) is 12.1 Å². The molecule has 14 heteroatoms. The van der Waals surface area contributed by atoms with Crippen LogP contribution in [-0.4, -0.2) is 64.7 Å². The molecular weight excluding hydrogens is 420 g/mol. The molecule has 0 unspecified atom stereocenters. The maximum atomic E-state index is 12.4. The summed E-state index contributed by atoms with van der Waals surface area (Å²) in [7, 11) is 0. The van der Waals surface area contributed by atoms with Crippen LogP contribution in [0.3, 0.4) is 0 Å². The third-order valence-electron chi connectivity index (χ3n) is 4.54. The lowest BCUT2D eigenvalue weighted by molar-refractivity contribution is -0.387. The second kappa shape index (κ2) is 8.00. The van der Waals surface area contributed by atoms with Crippen molar-refractivity contribution in [2.75, 3.05) is 11.3 Å². The number of fused-ring (bicyclic) bond motifs is 1. The van der Waals surface area contributed by atoms with E-state index in [-0.39, 0.29) is 22.8 Å². The van der Waals surface area contributed by atoms with Crippen LogP contribution in [0.1, 0.15) is 6.23 Å². The van der Waals surface area contributed by atoms with Crippen LogP contribution in [-0.2, 0) is 4.74 Å². The minimum absolute atomic E-state index is 0.0101. The summed E-state index contributed by atoms with van der Waals surface area (Å²) in [6.07, 6.45) is -3.60. The van der Waals surface area contributed by atoms with Gasteiger partial charge < -0.3 is 20.1 Å². The van der Waals surface area contributed by atoms with Gasteiger partial charge in [0, 0.05) is 6.07 Å². The molecule has 0 aliphatic carbocycles. The van der Waals surface area contributed by atoms with Crippen molar-refractivity contribution in [1.29, 1.82) is 0 Å². The molecular formula is C16H16N6O7S. The van der Waals surface area contributed by atoms with Crippen molar-refractivity contribution in [1.82, 2.24) is 19.5 Å². The second-order valence-electron chi connectivity index (χ2n) is 6.40. The molecule has 13 nitrogen and oxygen atoms in total. The topological polar surface area (TPSA) is 189 Å². The molecule has 0 amide bonds. The number of nitro benzene ring substituents is 1. The van der Waals surface area contributed by atoms with Gasteiger partial charge in [-0.05, 0) is 18.0 Å². The monoisotopic (exact) mass is 436 g/mol. The van der Waals surface area contributed by atoms with Crippen molar-refractivity contribution in [3.63, 3.8) is 0 Å². The molecule has 1 fully saturated rings. The number of H-pyrrole nitrogens is 1. The molecule has 1 aromatic carbocycles. The highest BCUT2D eigenvalue weighted by Gasteiger charge is 2.44. The highest BCUT2D eigenvalue weighted by atomic mass is 32.2. The number of anilines is 1. The predicted octanol–water partition coefficient (Wildman–Crippen LogP) is -0.242. The van der Waals surface area contributed by atoms with Gasteiger partial charge in [0.15, 0.2) is 17.4 Å². The molecule has 1 aliphatic heterocycles. The van der Waals surface area contributed by atoms with Crippen LogP contribution in [0.5, 0.6) is 0 Å². The Morgan fingerprint density at radius 2 is 2.10 bits per heavy atom. The highest BCUT2D eigenvalue weighted by Crippen LogP contribution is 2.32. The molecule has 0 radical (unpaired) electrons. The summed E-state index contributed by atoms with van der Waals surface area (Å²) in [5.41, 5.74) is -0.681. The van der Waals surface area contributed by atoms with Crippen molar-refractivity contribution in [2.24, 2.45) is 0 Å². The van der Waals surface area contributed by atoms with E-state index in [1.807, 2.05) is 0 Å². The number of hydrogen-bond donors (Lipinski definition) is 5. The number of aliphatic hydroxyl groups excluding tert-OH is 3. The Morgan fingerprint density at radius 1 is 1.33 bits per heavy atom. The quantitative estimate of drug-likeness (QED) is 0.195. The fourth-order valence-corrected chi connectivity index (χ4v) is 3.77. The predicted molar refractivity (Wildman–Crippen MR) is 104 cm³/mol. The highest BCUT2D eigenvalue weighted by molar-refractivity contribution is 8.00. The third kappa shape index (κ3) is 3.50. The number of nitro groups is 1. The Morgan fingerprint density at radius 3 is 2.80 bits per heavy atom. The lowest BCUT2D eigenvalue weighted by Crippen LogP contribution is -2.33. The number of para-hydroxylation sites is 1. The van der Waals surface area contributed by atoms with E-state index in [4.69, 9.17) is 4.74 Å². The molecule has 30 heavy (non-hydrogen) atoms. The van der Waals surface area contributed by atoms with Gasteiger partial charge in [-0.15, -0.1) is 0 Å². The summed E-state index contributed by atoms with van der Waals surface area (Å²) >= 11 is 0.884. The van der Waals surface area contributed by atoms with Crippen molar-refractivity contribution in [3.05, 3.63) is 51.1 Å². The van der Waals surface area contributed by atoms with E-state index in [9.17, 15) is 30.2 Å². The standard InChI is InChI=1S/C16H16N6O7S/c23-5-8-11(24)12(25)15(29-8)21-6-17-10-13(21)18-16(19-14(10)26)20-30-9-4-2-1-3-7(9)22(27)28/h1-4,6,8,11-12,15,23-25H,5H2,(H2,18,19,20,26)/t8-,11-,12-,15-/m1/s1. The summed E-state index contributed by atoms with van der Waals surface area (Å²) in [5, 5.41) is 40.6. The number of ether oxygens (including phenoxy) is 1. The molecule has 2 aromatic heterocycles. The normalized spacial score (nSPS) is 23.7. The first-order valence-corrected chi connectivity index (χ1v) is 9.48. The average Bonchev–Trinajstić information content (AvgIpc) is 3.28. The smallest absolute Gasteiger partial charge is 0.284 e. The van der Waals surface area contributed by atoms with Crippen LogP contribution in [0.15, 0.2) is 40.3 Å². The molecule has 158 valence electrons. The van der Waals surface area contributed by atoms with E-state index >= 15 is 0 Å². The lowest BCUT2D eigenvalue weighted by Gasteiger charge is -2.16. The molecule has 1 saturated heterocycles. The number of rotatable bonds is 6. The fraction of sp³-hybridized carbons (Fsp3) is 0.312. The first-order chi connectivity index (χ1) is 14.4. The van der Waals surface area contributed by atoms with Gasteiger partial charge in [-0.25, -0.2) is 4.98 Å². The van der Waals surface area contributed by atoms with Crippen molar-refractivity contribution < 1.29 is 25.0 Å². The van der Waals surface area contributed by atoms with E-state index in [1.165, 1.54) is 29.1 Å². The Bertz CT molecular complexity index is 1150. The van der Waals surface area contributed by atoms with Crippen molar-refractivity contribution in [3.8, 4) is 0 Å². The van der Waals surface area contributed by atoms with Crippen LogP contribution >= 0.6 is 11.9 Å². The molecule has 3 heterocycles. The van der Waals surface area contributed by atoms with Crippen LogP contribution < -0.4 is 10.3 Å². The van der Waals surface area contributed by atoms with Crippen LogP contribution in [0.4, 0.5) is 11.6 Å². The van der Waals surface area contributed by atoms with Gasteiger partial charge in [0.05, 0.1) is 17.9 Å². The molecule has 1 aliphatic rings. The van der Waals surface area contributed by atoms with Crippen LogP contribution in [0, 0.1) is 10.1 Å². The Labute approximate surface area is 171 Å². The zero-order valence-corrected chi connectivity index (χ0v) is 15.9. The zero-order valence-electron chi connectivity index (χ0n) is 15.1. The molecule has 0 saturated carbocycles. The molecule has 0 bridgehead atoms. The summed E-state index contributed by atoms with van der Waals surface area (Å²) in [5.74, 6) is -0.0101.